The monoisotopic (exact) mass is 275 g/mol. The maximum atomic E-state index is 12.0. The molecule has 0 aliphatic carbocycles. The number of Topliss-reactive ketones (excluding diaryl/α,β-unsaturated/α-hetero) is 1. The van der Waals surface area contributed by atoms with E-state index in [1.807, 2.05) is 0 Å². The van der Waals surface area contributed by atoms with E-state index in [1.54, 1.807) is 0 Å². The van der Waals surface area contributed by atoms with E-state index < -0.39 is 37.1 Å². The molecule has 2 aliphatic heterocycles. The third kappa shape index (κ3) is 3.13. The van der Waals surface area contributed by atoms with Crippen LogP contribution in [0.25, 0.3) is 0 Å². The van der Waals surface area contributed by atoms with Gasteiger partial charge in [-0.05, 0) is 19.4 Å². The van der Waals surface area contributed by atoms with Crippen molar-refractivity contribution in [3.8, 4) is 0 Å². The first-order valence-corrected chi connectivity index (χ1v) is 6.61. The summed E-state index contributed by atoms with van der Waals surface area (Å²) in [6.07, 6.45) is -4.32. The Morgan fingerprint density at radius 2 is 1.84 bits per heavy atom. The number of rotatable bonds is 4. The van der Waals surface area contributed by atoms with Crippen molar-refractivity contribution in [2.75, 3.05) is 13.2 Å². The molecule has 0 aromatic rings. The summed E-state index contributed by atoms with van der Waals surface area (Å²) in [6.45, 7) is 0.322. The van der Waals surface area contributed by atoms with Crippen LogP contribution in [0.15, 0.2) is 0 Å². The minimum Gasteiger partial charge on any atom is -0.394 e. The zero-order valence-corrected chi connectivity index (χ0v) is 10.6. The molecule has 19 heavy (non-hydrogen) atoms. The molecule has 0 aromatic carbocycles. The second-order valence-corrected chi connectivity index (χ2v) is 5.19. The second kappa shape index (κ2) is 6.25. The van der Waals surface area contributed by atoms with Crippen molar-refractivity contribution >= 4 is 5.78 Å². The fourth-order valence-corrected chi connectivity index (χ4v) is 2.65. The van der Waals surface area contributed by atoms with Gasteiger partial charge < -0.3 is 30.5 Å². The summed E-state index contributed by atoms with van der Waals surface area (Å²) in [7, 11) is 0. The van der Waals surface area contributed by atoms with Crippen LogP contribution in [0.1, 0.15) is 19.3 Å². The van der Waals surface area contributed by atoms with E-state index in [1.165, 1.54) is 0 Å². The maximum Gasteiger partial charge on any atom is 0.152 e. The Morgan fingerprint density at radius 3 is 2.42 bits per heavy atom. The number of ketones is 1. The molecular weight excluding hydrogens is 254 g/mol. The number of nitrogens with one attached hydrogen (secondary N) is 1. The number of hydrogen-bond donors (Lipinski definition) is 5. The lowest BCUT2D eigenvalue weighted by Crippen LogP contribution is -2.59. The highest BCUT2D eigenvalue weighted by molar-refractivity contribution is 5.84. The molecule has 0 unspecified atom stereocenters. The van der Waals surface area contributed by atoms with Crippen molar-refractivity contribution in [1.82, 2.24) is 5.32 Å². The minimum absolute atomic E-state index is 0.0425. The van der Waals surface area contributed by atoms with Gasteiger partial charge in [0.15, 0.2) is 5.78 Å². The van der Waals surface area contributed by atoms with Crippen LogP contribution in [0.4, 0.5) is 0 Å². The van der Waals surface area contributed by atoms with E-state index in [2.05, 4.69) is 5.32 Å². The highest BCUT2D eigenvalue weighted by Crippen LogP contribution is 2.24. The molecular formula is C12H21NO6. The Balaban J connectivity index is 1.96. The van der Waals surface area contributed by atoms with Crippen LogP contribution in [0.5, 0.6) is 0 Å². The van der Waals surface area contributed by atoms with E-state index in [0.717, 1.165) is 19.4 Å². The van der Waals surface area contributed by atoms with Crippen LogP contribution in [0.2, 0.25) is 0 Å². The van der Waals surface area contributed by atoms with Crippen LogP contribution < -0.4 is 5.32 Å². The zero-order chi connectivity index (χ0) is 14.0. The van der Waals surface area contributed by atoms with Crippen molar-refractivity contribution in [2.24, 2.45) is 0 Å². The van der Waals surface area contributed by atoms with Crippen molar-refractivity contribution in [1.29, 1.82) is 0 Å². The molecule has 110 valence electrons. The molecule has 7 nitrogen and oxygen atoms in total. The third-order valence-corrected chi connectivity index (χ3v) is 3.84. The highest BCUT2D eigenvalue weighted by atomic mass is 16.5. The molecule has 0 saturated carbocycles. The molecule has 0 aromatic heterocycles. The molecule has 0 spiro atoms. The summed E-state index contributed by atoms with van der Waals surface area (Å²) in [5.74, 6) is -0.0816. The topological polar surface area (TPSA) is 119 Å². The molecule has 2 saturated heterocycles. The van der Waals surface area contributed by atoms with Gasteiger partial charge in [0, 0.05) is 6.42 Å². The summed E-state index contributed by atoms with van der Waals surface area (Å²) in [6, 6.07) is -0.229. The number of ether oxygens (including phenoxy) is 1. The first-order valence-electron chi connectivity index (χ1n) is 6.61. The van der Waals surface area contributed by atoms with Crippen LogP contribution in [0.3, 0.4) is 0 Å². The molecule has 2 rings (SSSR count). The summed E-state index contributed by atoms with van der Waals surface area (Å²) >= 11 is 0. The molecule has 5 N–H and O–H groups in total. The number of aliphatic hydroxyl groups excluding tert-OH is 4. The van der Waals surface area contributed by atoms with Crippen LogP contribution in [-0.2, 0) is 9.53 Å². The van der Waals surface area contributed by atoms with E-state index in [0.29, 0.717) is 0 Å². The Labute approximate surface area is 111 Å². The average Bonchev–Trinajstić information content (AvgIpc) is 2.93. The second-order valence-electron chi connectivity index (χ2n) is 5.19. The Kier molecular flexibility index (Phi) is 4.88. The van der Waals surface area contributed by atoms with Crippen LogP contribution >= 0.6 is 0 Å². The SMILES string of the molecule is O=C(C[C@@H]1O[C@H](CO)[C@@H](O)[C@H](O)[C@H]1O)[C@@H]1CCCN1. The maximum absolute atomic E-state index is 12.0. The van der Waals surface area contributed by atoms with Gasteiger partial charge in [-0.15, -0.1) is 0 Å². The Hall–Kier alpha value is -0.570. The van der Waals surface area contributed by atoms with Crippen molar-refractivity contribution in [3.05, 3.63) is 0 Å². The highest BCUT2D eigenvalue weighted by Gasteiger charge is 2.44. The normalized spacial score (nSPS) is 43.4. The van der Waals surface area contributed by atoms with Gasteiger partial charge in [-0.1, -0.05) is 0 Å². The molecule has 2 aliphatic rings. The lowest BCUT2D eigenvalue weighted by Gasteiger charge is -2.40. The van der Waals surface area contributed by atoms with Gasteiger partial charge in [0.05, 0.1) is 18.8 Å². The molecule has 7 heteroatoms. The lowest BCUT2D eigenvalue weighted by molar-refractivity contribution is -0.229. The molecule has 0 amide bonds. The largest absolute Gasteiger partial charge is 0.394 e. The molecule has 0 bridgehead atoms. The number of hydrogen-bond acceptors (Lipinski definition) is 7. The van der Waals surface area contributed by atoms with E-state index in [-0.39, 0.29) is 18.2 Å². The van der Waals surface area contributed by atoms with E-state index >= 15 is 0 Å². The number of carbonyl (C=O) groups is 1. The van der Waals surface area contributed by atoms with Gasteiger partial charge >= 0.3 is 0 Å². The number of aliphatic hydroxyl groups is 4. The standard InChI is InChI=1S/C12H21NO6/c14-5-9-11(17)12(18)10(16)8(19-9)4-7(15)6-2-1-3-13-6/h6,8-14,16-18H,1-5H2/t6-,8-,9+,10-,11+,12+/m0/s1. The van der Waals surface area contributed by atoms with Crippen molar-refractivity contribution in [2.45, 2.75) is 55.8 Å². The molecule has 2 heterocycles. The number of carbonyl (C=O) groups excluding carboxylic acids is 1. The summed E-state index contributed by atoms with van der Waals surface area (Å²) < 4.78 is 5.30. The first kappa shape index (κ1) is 14.8. The van der Waals surface area contributed by atoms with Crippen molar-refractivity contribution < 1.29 is 30.0 Å². The fourth-order valence-electron chi connectivity index (χ4n) is 2.65. The van der Waals surface area contributed by atoms with E-state index in [4.69, 9.17) is 9.84 Å². The minimum atomic E-state index is -1.42. The van der Waals surface area contributed by atoms with Crippen LogP contribution in [0, 0.1) is 0 Å². The molecule has 0 radical (unpaired) electrons. The van der Waals surface area contributed by atoms with Gasteiger partial charge in [-0.2, -0.15) is 0 Å². The first-order chi connectivity index (χ1) is 9.04. The average molecular weight is 275 g/mol. The van der Waals surface area contributed by atoms with Gasteiger partial charge in [-0.25, -0.2) is 0 Å². The molecule has 2 fully saturated rings. The van der Waals surface area contributed by atoms with Crippen LogP contribution in [-0.4, -0.2) is 75.9 Å². The van der Waals surface area contributed by atoms with Crippen molar-refractivity contribution in [3.63, 3.8) is 0 Å². The van der Waals surface area contributed by atoms with Gasteiger partial charge in [0.2, 0.25) is 0 Å². The zero-order valence-electron chi connectivity index (χ0n) is 10.6. The fraction of sp³-hybridized carbons (Fsp3) is 0.917. The third-order valence-electron chi connectivity index (χ3n) is 3.84. The van der Waals surface area contributed by atoms with E-state index in [9.17, 15) is 20.1 Å². The lowest BCUT2D eigenvalue weighted by atomic mass is 9.91. The van der Waals surface area contributed by atoms with Gasteiger partial charge in [0.1, 0.15) is 24.4 Å². The predicted octanol–water partition coefficient (Wildman–Crippen LogP) is -2.46. The Morgan fingerprint density at radius 1 is 1.16 bits per heavy atom. The van der Waals surface area contributed by atoms with Gasteiger partial charge in [-0.3, -0.25) is 4.79 Å². The summed E-state index contributed by atoms with van der Waals surface area (Å²) in [5.41, 5.74) is 0. The predicted molar refractivity (Wildman–Crippen MR) is 64.4 cm³/mol. The smallest absolute Gasteiger partial charge is 0.152 e. The summed E-state index contributed by atoms with van der Waals surface area (Å²) in [5, 5.41) is 41.2. The molecule has 6 atom stereocenters. The quantitative estimate of drug-likeness (QED) is 0.386. The summed E-state index contributed by atoms with van der Waals surface area (Å²) in [4.78, 5) is 12.0. The van der Waals surface area contributed by atoms with Gasteiger partial charge in [0.25, 0.3) is 0 Å². The Bertz CT molecular complexity index is 317.